The van der Waals surface area contributed by atoms with Crippen LogP contribution in [0.4, 0.5) is 23.7 Å². The van der Waals surface area contributed by atoms with E-state index in [0.717, 1.165) is 23.3 Å². The zero-order chi connectivity index (χ0) is 26.6. The van der Waals surface area contributed by atoms with Gasteiger partial charge in [-0.25, -0.2) is 4.79 Å². The maximum Gasteiger partial charge on any atom is 0.416 e. The summed E-state index contributed by atoms with van der Waals surface area (Å²) in [7, 11) is 0. The molecule has 0 bridgehead atoms. The van der Waals surface area contributed by atoms with Crippen LogP contribution in [0.1, 0.15) is 22.5 Å². The number of nitrogens with one attached hydrogen (secondary N) is 2. The molecule has 2 N–H and O–H groups in total. The molecule has 0 atom stereocenters. The maximum absolute atomic E-state index is 13.0. The van der Waals surface area contributed by atoms with Gasteiger partial charge >= 0.3 is 12.2 Å². The van der Waals surface area contributed by atoms with Crippen molar-refractivity contribution in [2.75, 3.05) is 5.32 Å². The number of hydrogen-bond acceptors (Lipinski definition) is 4. The Hall–Kier alpha value is -3.21. The van der Waals surface area contributed by atoms with Crippen LogP contribution < -0.4 is 10.6 Å². The molecule has 3 aromatic carbocycles. The molecular formula is C25H20Cl2F3N5OS. The Morgan fingerprint density at radius 3 is 2.57 bits per heavy atom. The molecule has 37 heavy (non-hydrogen) atoms. The van der Waals surface area contributed by atoms with Crippen molar-refractivity contribution in [3.8, 4) is 5.69 Å². The van der Waals surface area contributed by atoms with Gasteiger partial charge in [-0.15, -0.1) is 10.2 Å². The van der Waals surface area contributed by atoms with Crippen LogP contribution in [0.15, 0.2) is 71.9 Å². The van der Waals surface area contributed by atoms with Gasteiger partial charge in [0.25, 0.3) is 0 Å². The van der Waals surface area contributed by atoms with E-state index in [2.05, 4.69) is 20.8 Å². The summed E-state index contributed by atoms with van der Waals surface area (Å²) in [5, 5.41) is 14.9. The normalized spacial score (nSPS) is 11.4. The van der Waals surface area contributed by atoms with Crippen molar-refractivity contribution in [1.82, 2.24) is 20.1 Å². The largest absolute Gasteiger partial charge is 0.416 e. The molecule has 4 rings (SSSR count). The quantitative estimate of drug-likeness (QED) is 0.227. The Kier molecular flexibility index (Phi) is 8.31. The molecule has 1 aromatic heterocycles. The summed E-state index contributed by atoms with van der Waals surface area (Å²) in [6.07, 6.45) is -4.52. The van der Waals surface area contributed by atoms with Gasteiger partial charge in [-0.1, -0.05) is 65.3 Å². The number of thioether (sulfide) groups is 1. The third kappa shape index (κ3) is 6.76. The molecule has 12 heteroatoms. The van der Waals surface area contributed by atoms with Crippen LogP contribution in [0.3, 0.4) is 0 Å². The number of amides is 2. The molecule has 0 aliphatic heterocycles. The standard InChI is InChI=1S/C25H20Cl2F3N5OS/c1-15-5-2-3-6-16(15)14-37-24-34-33-22(35(24)21-12-18(26)9-10-20(21)27)13-31-23(36)32-19-8-4-7-17(11-19)25(28,29)30/h2-12H,13-14H2,1H3,(H2,31,32,36). The molecular weight excluding hydrogens is 546 g/mol. The zero-order valence-electron chi connectivity index (χ0n) is 19.3. The van der Waals surface area contributed by atoms with Gasteiger partial charge in [-0.05, 0) is 54.4 Å². The lowest BCUT2D eigenvalue weighted by Crippen LogP contribution is -2.29. The fourth-order valence-corrected chi connectivity index (χ4v) is 4.84. The minimum absolute atomic E-state index is 0.00107. The minimum Gasteiger partial charge on any atom is -0.331 e. The molecule has 192 valence electrons. The Labute approximate surface area is 225 Å². The van der Waals surface area contributed by atoms with Crippen molar-refractivity contribution in [2.24, 2.45) is 0 Å². The lowest BCUT2D eigenvalue weighted by Gasteiger charge is -2.14. The van der Waals surface area contributed by atoms with E-state index in [9.17, 15) is 18.0 Å². The van der Waals surface area contributed by atoms with Crippen molar-refractivity contribution in [2.45, 2.75) is 30.6 Å². The number of aryl methyl sites for hydroxylation is 1. The van der Waals surface area contributed by atoms with Gasteiger partial charge in [0.05, 0.1) is 22.8 Å². The summed E-state index contributed by atoms with van der Waals surface area (Å²) in [5.74, 6) is 0.975. The van der Waals surface area contributed by atoms with Crippen molar-refractivity contribution < 1.29 is 18.0 Å². The predicted molar refractivity (Wildman–Crippen MR) is 139 cm³/mol. The first-order valence-electron chi connectivity index (χ1n) is 10.9. The summed E-state index contributed by atoms with van der Waals surface area (Å²) < 4.78 is 40.6. The summed E-state index contributed by atoms with van der Waals surface area (Å²) in [6.45, 7) is 1.94. The molecule has 0 unspecified atom stereocenters. The SMILES string of the molecule is Cc1ccccc1CSc1nnc(CNC(=O)Nc2cccc(C(F)(F)F)c2)n1-c1cc(Cl)ccc1Cl. The van der Waals surface area contributed by atoms with Crippen LogP contribution in [0, 0.1) is 6.92 Å². The fraction of sp³-hybridized carbons (Fsp3) is 0.160. The molecule has 0 saturated heterocycles. The van der Waals surface area contributed by atoms with E-state index in [1.165, 1.54) is 23.9 Å². The van der Waals surface area contributed by atoms with Crippen molar-refractivity contribution in [3.63, 3.8) is 0 Å². The Morgan fingerprint density at radius 1 is 1.03 bits per heavy atom. The number of nitrogens with zero attached hydrogens (tertiary/aromatic N) is 3. The van der Waals surface area contributed by atoms with E-state index in [1.54, 1.807) is 22.8 Å². The summed E-state index contributed by atoms with van der Waals surface area (Å²) in [4.78, 5) is 12.5. The molecule has 0 aliphatic rings. The number of aromatic nitrogens is 3. The van der Waals surface area contributed by atoms with Gasteiger partial charge in [0, 0.05) is 16.5 Å². The van der Waals surface area contributed by atoms with E-state index in [-0.39, 0.29) is 12.2 Å². The van der Waals surface area contributed by atoms with Crippen LogP contribution in [0.5, 0.6) is 0 Å². The Morgan fingerprint density at radius 2 is 1.81 bits per heavy atom. The third-order valence-electron chi connectivity index (χ3n) is 5.32. The van der Waals surface area contributed by atoms with Gasteiger partial charge in [-0.3, -0.25) is 4.57 Å². The molecule has 1 heterocycles. The van der Waals surface area contributed by atoms with Gasteiger partial charge in [0.2, 0.25) is 0 Å². The smallest absolute Gasteiger partial charge is 0.331 e. The molecule has 0 fully saturated rings. The second-order valence-electron chi connectivity index (χ2n) is 7.93. The number of anilines is 1. The van der Waals surface area contributed by atoms with Gasteiger partial charge < -0.3 is 10.6 Å². The Bertz CT molecular complexity index is 1430. The van der Waals surface area contributed by atoms with Crippen molar-refractivity contribution in [1.29, 1.82) is 0 Å². The van der Waals surface area contributed by atoms with Crippen LogP contribution in [-0.4, -0.2) is 20.8 Å². The van der Waals surface area contributed by atoms with E-state index in [1.807, 2.05) is 31.2 Å². The fourth-order valence-electron chi connectivity index (χ4n) is 3.43. The highest BCUT2D eigenvalue weighted by molar-refractivity contribution is 7.98. The Balaban J connectivity index is 1.55. The number of carbonyl (C=O) groups excluding carboxylic acids is 1. The number of hydrogen-bond donors (Lipinski definition) is 2. The van der Waals surface area contributed by atoms with Crippen LogP contribution in [-0.2, 0) is 18.5 Å². The minimum atomic E-state index is -4.52. The molecule has 0 radical (unpaired) electrons. The third-order valence-corrected chi connectivity index (χ3v) is 6.85. The highest BCUT2D eigenvalue weighted by atomic mass is 35.5. The van der Waals surface area contributed by atoms with E-state index in [4.69, 9.17) is 23.2 Å². The van der Waals surface area contributed by atoms with Crippen molar-refractivity contribution >= 4 is 46.7 Å². The molecule has 0 spiro atoms. The summed E-state index contributed by atoms with van der Waals surface area (Å²) >= 11 is 14.1. The number of carbonyl (C=O) groups is 1. The number of rotatable bonds is 7. The number of alkyl halides is 3. The lowest BCUT2D eigenvalue weighted by atomic mass is 10.1. The van der Waals surface area contributed by atoms with E-state index in [0.29, 0.717) is 32.5 Å². The highest BCUT2D eigenvalue weighted by Gasteiger charge is 2.30. The van der Waals surface area contributed by atoms with Crippen LogP contribution in [0.2, 0.25) is 10.0 Å². The monoisotopic (exact) mass is 565 g/mol. The maximum atomic E-state index is 13.0. The van der Waals surface area contributed by atoms with E-state index >= 15 is 0 Å². The first-order chi connectivity index (χ1) is 17.6. The number of urea groups is 1. The predicted octanol–water partition coefficient (Wildman–Crippen LogP) is 7.52. The highest BCUT2D eigenvalue weighted by Crippen LogP contribution is 2.32. The number of halogens is 5. The zero-order valence-corrected chi connectivity index (χ0v) is 21.6. The molecule has 0 saturated carbocycles. The van der Waals surface area contributed by atoms with E-state index < -0.39 is 17.8 Å². The molecule has 4 aromatic rings. The first-order valence-corrected chi connectivity index (χ1v) is 12.6. The summed E-state index contributed by atoms with van der Waals surface area (Å²) in [5.41, 5.74) is 1.92. The number of benzene rings is 3. The average Bonchev–Trinajstić information content (AvgIpc) is 3.26. The van der Waals surface area contributed by atoms with Crippen LogP contribution in [0.25, 0.3) is 5.69 Å². The second-order valence-corrected chi connectivity index (χ2v) is 9.72. The first kappa shape index (κ1) is 26.8. The molecule has 2 amide bonds. The second kappa shape index (κ2) is 11.5. The summed E-state index contributed by atoms with van der Waals surface area (Å²) in [6, 6.07) is 16.6. The van der Waals surface area contributed by atoms with Gasteiger partial charge in [0.1, 0.15) is 0 Å². The van der Waals surface area contributed by atoms with Crippen molar-refractivity contribution in [3.05, 3.63) is 99.3 Å². The van der Waals surface area contributed by atoms with Gasteiger partial charge in [0.15, 0.2) is 11.0 Å². The average molecular weight is 566 g/mol. The lowest BCUT2D eigenvalue weighted by molar-refractivity contribution is -0.137. The molecule has 0 aliphatic carbocycles. The topological polar surface area (TPSA) is 71.8 Å². The van der Waals surface area contributed by atoms with Crippen LogP contribution >= 0.6 is 35.0 Å². The molecule has 6 nitrogen and oxygen atoms in total. The van der Waals surface area contributed by atoms with Gasteiger partial charge in [-0.2, -0.15) is 13.2 Å².